The molecule has 1 N–H and O–H groups in total. The molecule has 1 saturated heterocycles. The Balaban J connectivity index is 1.65. The molecule has 34 heavy (non-hydrogen) atoms. The minimum Gasteiger partial charge on any atom is -0.394 e. The molecule has 0 saturated carbocycles. The van der Waals surface area contributed by atoms with Gasteiger partial charge in [-0.1, -0.05) is 24.3 Å². The first kappa shape index (κ1) is 22.5. The van der Waals surface area contributed by atoms with E-state index in [4.69, 9.17) is 0 Å². The fourth-order valence-corrected chi connectivity index (χ4v) is 7.09. The Kier molecular flexibility index (Phi) is 5.64. The second kappa shape index (κ2) is 8.51. The summed E-state index contributed by atoms with van der Waals surface area (Å²) in [7, 11) is -2.05. The summed E-state index contributed by atoms with van der Waals surface area (Å²) in [5, 5.41) is 19.5. The van der Waals surface area contributed by atoms with Crippen LogP contribution in [0.1, 0.15) is 23.6 Å². The molecule has 3 aromatic carbocycles. The molecule has 0 unspecified atom stereocenters. The second-order valence-corrected chi connectivity index (χ2v) is 10.7. The molecule has 0 aliphatic carbocycles. The molecule has 1 fully saturated rings. The van der Waals surface area contributed by atoms with E-state index < -0.39 is 21.9 Å². The Morgan fingerprint density at radius 2 is 1.85 bits per heavy atom. The van der Waals surface area contributed by atoms with Crippen molar-refractivity contribution in [2.75, 3.05) is 25.1 Å². The summed E-state index contributed by atoms with van der Waals surface area (Å²) < 4.78 is 42.6. The Morgan fingerprint density at radius 1 is 1.09 bits per heavy atom. The number of nitrogens with zero attached hydrogens (tertiary/aromatic N) is 3. The molecule has 3 aromatic rings. The van der Waals surface area contributed by atoms with Crippen LogP contribution in [0.3, 0.4) is 0 Å². The lowest BCUT2D eigenvalue weighted by atomic mass is 9.81. The molecule has 0 spiro atoms. The van der Waals surface area contributed by atoms with Gasteiger partial charge in [0.1, 0.15) is 5.82 Å². The van der Waals surface area contributed by atoms with E-state index in [-0.39, 0.29) is 30.0 Å². The monoisotopic (exact) mass is 477 g/mol. The van der Waals surface area contributed by atoms with Gasteiger partial charge in [0.05, 0.1) is 35.2 Å². The van der Waals surface area contributed by atoms with E-state index in [1.807, 2.05) is 42.3 Å². The van der Waals surface area contributed by atoms with E-state index >= 15 is 0 Å². The summed E-state index contributed by atoms with van der Waals surface area (Å²) in [6, 6.07) is 19.6. The molecule has 0 radical (unpaired) electrons. The zero-order chi connectivity index (χ0) is 24.0. The number of halogens is 1. The van der Waals surface area contributed by atoms with Gasteiger partial charge >= 0.3 is 0 Å². The summed E-state index contributed by atoms with van der Waals surface area (Å²) in [6.07, 6.45) is 0.586. The van der Waals surface area contributed by atoms with Crippen LogP contribution in [0.25, 0.3) is 11.1 Å². The molecule has 5 rings (SSSR count). The summed E-state index contributed by atoms with van der Waals surface area (Å²) >= 11 is 0. The summed E-state index contributed by atoms with van der Waals surface area (Å²) in [4.78, 5) is 1.94. The maximum atomic E-state index is 13.9. The molecule has 2 aliphatic rings. The number of aliphatic hydroxyl groups excluding tert-OH is 1. The summed E-state index contributed by atoms with van der Waals surface area (Å²) in [6.45, 7) is 0.184. The van der Waals surface area contributed by atoms with Gasteiger partial charge in [0.25, 0.3) is 0 Å². The molecule has 0 amide bonds. The maximum Gasteiger partial charge on any atom is 0.243 e. The lowest BCUT2D eigenvalue weighted by Crippen LogP contribution is -2.48. The maximum absolute atomic E-state index is 13.9. The van der Waals surface area contributed by atoms with Crippen molar-refractivity contribution in [3.8, 4) is 17.2 Å². The third-order valence-electron chi connectivity index (χ3n) is 7.03. The van der Waals surface area contributed by atoms with Crippen molar-refractivity contribution in [1.82, 2.24) is 4.31 Å². The number of likely N-dealkylation sites (N-methyl/N-ethyl adjacent to an activating group) is 1. The highest BCUT2D eigenvalue weighted by molar-refractivity contribution is 7.89. The number of anilines is 1. The standard InChI is InChI=1S/C26H24FN3O3S/c1-29-24-9-8-19(18-5-2-4-17(12-18)15-28)13-23(24)26-22(25(29)16-31)10-11-30(26)34(32,33)21-7-3-6-20(27)14-21/h2-9,12-14,22,25-26,31H,10-11,16H2,1H3/t22-,25+,26-/m0/s1. The molecule has 174 valence electrons. The predicted octanol–water partition coefficient (Wildman–Crippen LogP) is 3.93. The zero-order valence-electron chi connectivity index (χ0n) is 18.6. The minimum atomic E-state index is -3.96. The Morgan fingerprint density at radius 3 is 2.59 bits per heavy atom. The normalized spacial score (nSPS) is 22.2. The van der Waals surface area contributed by atoms with Crippen LogP contribution in [0.15, 0.2) is 71.6 Å². The number of fused-ring (bicyclic) bond motifs is 3. The van der Waals surface area contributed by atoms with Crippen molar-refractivity contribution in [2.24, 2.45) is 5.92 Å². The van der Waals surface area contributed by atoms with Gasteiger partial charge in [-0.05, 0) is 65.6 Å². The number of nitriles is 1. The van der Waals surface area contributed by atoms with Crippen LogP contribution >= 0.6 is 0 Å². The molecule has 0 aromatic heterocycles. The van der Waals surface area contributed by atoms with E-state index in [9.17, 15) is 23.2 Å². The van der Waals surface area contributed by atoms with E-state index in [1.54, 1.807) is 12.1 Å². The fourth-order valence-electron chi connectivity index (χ4n) is 5.39. The second-order valence-electron chi connectivity index (χ2n) is 8.80. The first-order chi connectivity index (χ1) is 16.3. The van der Waals surface area contributed by atoms with Crippen molar-refractivity contribution >= 4 is 15.7 Å². The smallest absolute Gasteiger partial charge is 0.243 e. The highest BCUT2D eigenvalue weighted by atomic mass is 32.2. The summed E-state index contributed by atoms with van der Waals surface area (Å²) in [5.41, 5.74) is 3.97. The number of benzene rings is 3. The third-order valence-corrected chi connectivity index (χ3v) is 8.91. The topological polar surface area (TPSA) is 84.6 Å². The third kappa shape index (κ3) is 3.57. The van der Waals surface area contributed by atoms with Crippen molar-refractivity contribution < 1.29 is 17.9 Å². The SMILES string of the molecule is CN1c2ccc(-c3cccc(C#N)c3)cc2[C@@H]2[C@@H](CCN2S(=O)(=O)c2cccc(F)c2)[C@H]1CO. The molecule has 8 heteroatoms. The van der Waals surface area contributed by atoms with Crippen LogP contribution in [0, 0.1) is 23.1 Å². The van der Waals surface area contributed by atoms with Crippen LogP contribution in [-0.4, -0.2) is 44.1 Å². The molecule has 3 atom stereocenters. The van der Waals surface area contributed by atoms with Gasteiger partial charge in [-0.15, -0.1) is 0 Å². The first-order valence-corrected chi connectivity index (χ1v) is 12.5. The van der Waals surface area contributed by atoms with E-state index in [0.717, 1.165) is 28.4 Å². The van der Waals surface area contributed by atoms with Gasteiger partial charge < -0.3 is 10.0 Å². The highest BCUT2D eigenvalue weighted by Crippen LogP contribution is 2.51. The number of hydrogen-bond acceptors (Lipinski definition) is 5. The Hall–Kier alpha value is -3.25. The zero-order valence-corrected chi connectivity index (χ0v) is 19.4. The minimum absolute atomic E-state index is 0.0768. The summed E-state index contributed by atoms with van der Waals surface area (Å²) in [5.74, 6) is -0.722. The molecule has 0 bridgehead atoms. The molecule has 2 aliphatic heterocycles. The van der Waals surface area contributed by atoms with Crippen molar-refractivity contribution in [3.05, 3.63) is 83.7 Å². The van der Waals surface area contributed by atoms with E-state index in [1.165, 1.54) is 22.5 Å². The lowest BCUT2D eigenvalue weighted by Gasteiger charge is -2.44. The van der Waals surface area contributed by atoms with Crippen molar-refractivity contribution in [3.63, 3.8) is 0 Å². The predicted molar refractivity (Wildman–Crippen MR) is 127 cm³/mol. The van der Waals surface area contributed by atoms with Gasteiger partial charge in [-0.3, -0.25) is 0 Å². The first-order valence-electron chi connectivity index (χ1n) is 11.1. The van der Waals surface area contributed by atoms with Crippen LogP contribution in [0.5, 0.6) is 0 Å². The Labute approximate surface area is 198 Å². The van der Waals surface area contributed by atoms with Crippen LogP contribution in [-0.2, 0) is 10.0 Å². The number of sulfonamides is 1. The average molecular weight is 478 g/mol. The molecular weight excluding hydrogens is 453 g/mol. The average Bonchev–Trinajstić information content (AvgIpc) is 3.30. The quantitative estimate of drug-likeness (QED) is 0.616. The number of aliphatic hydroxyl groups is 1. The van der Waals surface area contributed by atoms with E-state index in [0.29, 0.717) is 12.0 Å². The van der Waals surface area contributed by atoms with Crippen LogP contribution in [0.4, 0.5) is 10.1 Å². The highest BCUT2D eigenvalue weighted by Gasteiger charge is 2.50. The van der Waals surface area contributed by atoms with E-state index in [2.05, 4.69) is 6.07 Å². The van der Waals surface area contributed by atoms with Gasteiger partial charge in [0.2, 0.25) is 10.0 Å². The molecule has 6 nitrogen and oxygen atoms in total. The molecular formula is C26H24FN3O3S. The number of hydrogen-bond donors (Lipinski definition) is 1. The van der Waals surface area contributed by atoms with Crippen molar-refractivity contribution in [2.45, 2.75) is 23.4 Å². The fraction of sp³-hybridized carbons (Fsp3) is 0.269. The van der Waals surface area contributed by atoms with Crippen LogP contribution in [0.2, 0.25) is 0 Å². The largest absolute Gasteiger partial charge is 0.394 e. The van der Waals surface area contributed by atoms with Gasteiger partial charge in [0, 0.05) is 25.2 Å². The van der Waals surface area contributed by atoms with Crippen molar-refractivity contribution in [1.29, 1.82) is 5.26 Å². The Bertz CT molecular complexity index is 1400. The molecule has 2 heterocycles. The van der Waals surface area contributed by atoms with Crippen LogP contribution < -0.4 is 4.90 Å². The van der Waals surface area contributed by atoms with Gasteiger partial charge in [-0.25, -0.2) is 12.8 Å². The lowest BCUT2D eigenvalue weighted by molar-refractivity contribution is 0.193. The number of rotatable bonds is 4. The van der Waals surface area contributed by atoms with Gasteiger partial charge in [-0.2, -0.15) is 9.57 Å². The van der Waals surface area contributed by atoms with Gasteiger partial charge in [0.15, 0.2) is 0 Å².